The van der Waals surface area contributed by atoms with Crippen molar-refractivity contribution in [1.29, 1.82) is 0 Å². The maximum Gasteiger partial charge on any atom is 0.200 e. The minimum Gasteiger partial charge on any atom is -0.394 e. The number of nitrogens with one attached hydrogen (secondary N) is 1. The van der Waals surface area contributed by atoms with Crippen LogP contribution in [0.15, 0.2) is 24.3 Å². The molecule has 0 fully saturated rings. The van der Waals surface area contributed by atoms with Gasteiger partial charge in [-0.3, -0.25) is 5.01 Å². The third-order valence-electron chi connectivity index (χ3n) is 2.72. The Bertz CT molecular complexity index is 487. The van der Waals surface area contributed by atoms with Crippen LogP contribution in [0.25, 0.3) is 10.2 Å². The molecule has 0 radical (unpaired) electrons. The number of benzene rings is 1. The molecule has 110 valence electrons. The Morgan fingerprint density at radius 3 is 2.95 bits per heavy atom. The normalized spacial score (nSPS) is 11.1. The van der Waals surface area contributed by atoms with Gasteiger partial charge in [-0.1, -0.05) is 23.5 Å². The summed E-state index contributed by atoms with van der Waals surface area (Å²) < 4.78 is 6.29. The summed E-state index contributed by atoms with van der Waals surface area (Å²) in [6.45, 7) is 3.22. The average Bonchev–Trinajstić information content (AvgIpc) is 2.90. The Morgan fingerprint density at radius 2 is 2.15 bits per heavy atom. The Kier molecular flexibility index (Phi) is 6.16. The summed E-state index contributed by atoms with van der Waals surface area (Å²) in [5, 5.41) is 14.3. The van der Waals surface area contributed by atoms with Gasteiger partial charge in [0.05, 0.1) is 30.0 Å². The van der Waals surface area contributed by atoms with Crippen molar-refractivity contribution in [3.05, 3.63) is 24.3 Å². The lowest BCUT2D eigenvalue weighted by Gasteiger charge is -2.15. The second-order valence-corrected chi connectivity index (χ2v) is 5.25. The summed E-state index contributed by atoms with van der Waals surface area (Å²) in [7, 11) is 0. The topological polar surface area (TPSA) is 83.6 Å². The number of hydrazine groups is 1. The molecular formula is C13H20N4O2S. The number of aliphatic hydroxyl groups is 1. The maximum absolute atomic E-state index is 8.55. The molecule has 7 heteroatoms. The van der Waals surface area contributed by atoms with Crippen molar-refractivity contribution < 1.29 is 9.84 Å². The fraction of sp³-hybridized carbons (Fsp3) is 0.462. The molecule has 1 aromatic heterocycles. The van der Waals surface area contributed by atoms with Gasteiger partial charge in [-0.25, -0.2) is 10.8 Å². The Balaban J connectivity index is 1.70. The Hall–Kier alpha value is -1.25. The number of hydrogen-bond acceptors (Lipinski definition) is 7. The molecule has 2 rings (SSSR count). The fourth-order valence-corrected chi connectivity index (χ4v) is 2.63. The van der Waals surface area contributed by atoms with Gasteiger partial charge in [0.25, 0.3) is 0 Å². The zero-order valence-electron chi connectivity index (χ0n) is 11.3. The van der Waals surface area contributed by atoms with E-state index >= 15 is 0 Å². The van der Waals surface area contributed by atoms with Crippen molar-refractivity contribution in [2.75, 3.05) is 44.5 Å². The molecule has 1 heterocycles. The van der Waals surface area contributed by atoms with E-state index < -0.39 is 0 Å². The average molecular weight is 296 g/mol. The molecule has 1 aromatic carbocycles. The molecule has 2 aromatic rings. The van der Waals surface area contributed by atoms with Crippen molar-refractivity contribution in [1.82, 2.24) is 10.3 Å². The summed E-state index contributed by atoms with van der Waals surface area (Å²) in [4.78, 5) is 4.49. The first-order chi connectivity index (χ1) is 9.81. The van der Waals surface area contributed by atoms with E-state index in [4.69, 9.17) is 15.7 Å². The Labute approximate surface area is 122 Å². The third-order valence-corrected chi connectivity index (χ3v) is 3.79. The van der Waals surface area contributed by atoms with Crippen LogP contribution in [0.3, 0.4) is 0 Å². The van der Waals surface area contributed by atoms with Crippen LogP contribution < -0.4 is 16.2 Å². The molecule has 0 aliphatic carbocycles. The molecule has 20 heavy (non-hydrogen) atoms. The number of rotatable bonds is 9. The number of para-hydroxylation sites is 1. The van der Waals surface area contributed by atoms with Crippen LogP contribution >= 0.6 is 11.3 Å². The van der Waals surface area contributed by atoms with Crippen molar-refractivity contribution >= 4 is 26.7 Å². The molecule has 0 unspecified atom stereocenters. The van der Waals surface area contributed by atoms with E-state index in [2.05, 4.69) is 10.3 Å². The van der Waals surface area contributed by atoms with E-state index in [1.54, 1.807) is 16.3 Å². The van der Waals surface area contributed by atoms with Crippen molar-refractivity contribution in [2.45, 2.75) is 0 Å². The number of anilines is 1. The van der Waals surface area contributed by atoms with Crippen LogP contribution in [-0.4, -0.2) is 49.5 Å². The molecule has 0 atom stereocenters. The van der Waals surface area contributed by atoms with E-state index in [1.807, 2.05) is 24.3 Å². The van der Waals surface area contributed by atoms with Gasteiger partial charge in [0.1, 0.15) is 0 Å². The first-order valence-electron chi connectivity index (χ1n) is 6.58. The zero-order chi connectivity index (χ0) is 14.2. The first-order valence-corrected chi connectivity index (χ1v) is 7.40. The highest BCUT2D eigenvalue weighted by molar-refractivity contribution is 7.22. The summed E-state index contributed by atoms with van der Waals surface area (Å²) in [6, 6.07) is 8.00. The number of nitrogens with two attached hydrogens (primary N) is 1. The molecule has 6 nitrogen and oxygen atoms in total. The molecule has 0 saturated heterocycles. The van der Waals surface area contributed by atoms with E-state index in [0.717, 1.165) is 28.4 Å². The molecule has 0 saturated carbocycles. The van der Waals surface area contributed by atoms with Gasteiger partial charge in [0.15, 0.2) is 0 Å². The van der Waals surface area contributed by atoms with Crippen molar-refractivity contribution in [3.8, 4) is 0 Å². The minimum atomic E-state index is 0.0637. The molecule has 0 amide bonds. The quantitative estimate of drug-likeness (QED) is 0.356. The van der Waals surface area contributed by atoms with Gasteiger partial charge in [-0.05, 0) is 12.1 Å². The lowest BCUT2D eigenvalue weighted by atomic mass is 10.3. The van der Waals surface area contributed by atoms with E-state index in [1.165, 1.54) is 0 Å². The monoisotopic (exact) mass is 296 g/mol. The summed E-state index contributed by atoms with van der Waals surface area (Å²) in [5.41, 5.74) is 0.980. The number of aromatic nitrogens is 1. The van der Waals surface area contributed by atoms with Gasteiger partial charge in [-0.2, -0.15) is 0 Å². The lowest BCUT2D eigenvalue weighted by molar-refractivity contribution is 0.0941. The number of ether oxygens (including phenoxy) is 1. The lowest BCUT2D eigenvalue weighted by Crippen LogP contribution is -2.38. The van der Waals surface area contributed by atoms with E-state index in [9.17, 15) is 0 Å². The highest BCUT2D eigenvalue weighted by Gasteiger charge is 2.07. The maximum atomic E-state index is 8.55. The third kappa shape index (κ3) is 4.39. The number of aliphatic hydroxyl groups excluding tert-OH is 1. The first kappa shape index (κ1) is 15.1. The summed E-state index contributed by atoms with van der Waals surface area (Å²) >= 11 is 1.59. The van der Waals surface area contributed by atoms with Gasteiger partial charge in [0.2, 0.25) is 5.13 Å². The van der Waals surface area contributed by atoms with Gasteiger partial charge < -0.3 is 15.2 Å². The predicted octanol–water partition coefficient (Wildman–Crippen LogP) is 0.575. The summed E-state index contributed by atoms with van der Waals surface area (Å²) in [5.74, 6) is 6.00. The van der Waals surface area contributed by atoms with Crippen LogP contribution in [0.2, 0.25) is 0 Å². The van der Waals surface area contributed by atoms with Gasteiger partial charge in [0, 0.05) is 19.6 Å². The van der Waals surface area contributed by atoms with Crippen LogP contribution in [0.4, 0.5) is 5.13 Å². The van der Waals surface area contributed by atoms with Gasteiger partial charge in [-0.15, -0.1) is 0 Å². The molecule has 0 aliphatic heterocycles. The molecule has 0 spiro atoms. The van der Waals surface area contributed by atoms with E-state index in [0.29, 0.717) is 19.8 Å². The van der Waals surface area contributed by atoms with Crippen LogP contribution in [0, 0.1) is 0 Å². The highest BCUT2D eigenvalue weighted by Crippen LogP contribution is 2.26. The van der Waals surface area contributed by atoms with Gasteiger partial charge >= 0.3 is 0 Å². The molecular weight excluding hydrogens is 276 g/mol. The summed E-state index contributed by atoms with van der Waals surface area (Å²) in [6.07, 6.45) is 0. The zero-order valence-corrected chi connectivity index (χ0v) is 12.1. The molecule has 0 aliphatic rings. The fourth-order valence-electron chi connectivity index (χ4n) is 1.71. The smallest absolute Gasteiger partial charge is 0.200 e. The largest absolute Gasteiger partial charge is 0.394 e. The second kappa shape index (κ2) is 8.13. The van der Waals surface area contributed by atoms with Crippen LogP contribution in [0.5, 0.6) is 0 Å². The number of hydrogen-bond donors (Lipinski definition) is 3. The van der Waals surface area contributed by atoms with Crippen molar-refractivity contribution in [2.24, 2.45) is 5.84 Å². The SMILES string of the molecule is NN(CCNCCOCCO)c1nc2ccccc2s1. The number of thiazole rings is 1. The standard InChI is InChI=1S/C13H20N4O2S/c14-17(7-5-15-6-9-19-10-8-18)13-16-11-3-1-2-4-12(11)20-13/h1-4,15,18H,5-10,14H2. The number of fused-ring (bicyclic) bond motifs is 1. The van der Waals surface area contributed by atoms with Crippen LogP contribution in [-0.2, 0) is 4.74 Å². The van der Waals surface area contributed by atoms with Crippen LogP contribution in [0.1, 0.15) is 0 Å². The molecule has 0 bridgehead atoms. The highest BCUT2D eigenvalue weighted by atomic mass is 32.1. The predicted molar refractivity (Wildman–Crippen MR) is 81.9 cm³/mol. The van der Waals surface area contributed by atoms with Crippen molar-refractivity contribution in [3.63, 3.8) is 0 Å². The van der Waals surface area contributed by atoms with E-state index in [-0.39, 0.29) is 6.61 Å². The number of nitrogens with zero attached hydrogens (tertiary/aromatic N) is 2. The Morgan fingerprint density at radius 1 is 1.30 bits per heavy atom. The minimum absolute atomic E-state index is 0.0637. The second-order valence-electron chi connectivity index (χ2n) is 4.24. The molecule has 4 N–H and O–H groups in total.